The van der Waals surface area contributed by atoms with E-state index in [4.69, 9.17) is 0 Å². The van der Waals surface area contributed by atoms with Gasteiger partial charge in [0.2, 0.25) is 29.5 Å². The molecule has 310 valence electrons. The minimum atomic E-state index is -1.21. The van der Waals surface area contributed by atoms with Gasteiger partial charge in [-0.05, 0) is 61.8 Å². The Kier molecular flexibility index (Phi) is 18.0. The zero-order chi connectivity index (χ0) is 41.7. The Morgan fingerprint density at radius 2 is 1.36 bits per heavy atom. The second kappa shape index (κ2) is 23.6. The lowest BCUT2D eigenvalue weighted by Crippen LogP contribution is -2.57. The van der Waals surface area contributed by atoms with Crippen LogP contribution in [-0.4, -0.2) is 94.3 Å². The number of rotatable bonds is 27. The molecule has 0 saturated heterocycles. The number of imide groups is 1. The number of carbonyl (C=O) groups is 7. The molecule has 2 aliphatic rings. The van der Waals surface area contributed by atoms with Crippen LogP contribution in [0.25, 0.3) is 0 Å². The fraction of sp³-hybridized carbons (Fsp3) is 0.400. The number of hydrazine groups is 2. The van der Waals surface area contributed by atoms with E-state index in [1.807, 2.05) is 6.07 Å². The monoisotopic (exact) mass is 800 g/mol. The summed E-state index contributed by atoms with van der Waals surface area (Å²) in [5, 5.41) is 25.7. The number of carbonyl (C=O) groups excluding carboxylic acids is 7. The summed E-state index contributed by atoms with van der Waals surface area (Å²) in [5.41, 5.74) is 9.74. The molecule has 0 aromatic heterocycles. The van der Waals surface area contributed by atoms with Crippen molar-refractivity contribution >= 4 is 53.8 Å². The van der Waals surface area contributed by atoms with E-state index in [1.165, 1.54) is 17.2 Å². The summed E-state index contributed by atoms with van der Waals surface area (Å²) in [6.45, 7) is 3.97. The highest BCUT2D eigenvalue weighted by Gasteiger charge is 2.30. The molecule has 1 unspecified atom stereocenters. The number of hydrogen-bond donors (Lipinski definition) is 8. The van der Waals surface area contributed by atoms with Crippen molar-refractivity contribution in [2.75, 3.05) is 18.4 Å². The molecule has 2 aliphatic heterocycles. The van der Waals surface area contributed by atoms with E-state index in [1.54, 1.807) is 60.9 Å². The van der Waals surface area contributed by atoms with Gasteiger partial charge in [0, 0.05) is 69.3 Å². The van der Waals surface area contributed by atoms with Crippen molar-refractivity contribution in [3.63, 3.8) is 0 Å². The molecule has 58 heavy (non-hydrogen) atoms. The number of unbranched alkanes of at least 4 members (excludes halogenated alkanes) is 3. The number of aliphatic hydroxyl groups excluding tert-OH is 1. The summed E-state index contributed by atoms with van der Waals surface area (Å²) < 4.78 is 0. The largest absolute Gasteiger partial charge is 0.392 e. The van der Waals surface area contributed by atoms with Gasteiger partial charge in [-0.15, -0.1) is 5.53 Å². The maximum Gasteiger partial charge on any atom is 0.253 e. The van der Waals surface area contributed by atoms with Crippen LogP contribution in [0.1, 0.15) is 68.9 Å². The Morgan fingerprint density at radius 1 is 0.690 bits per heavy atom. The average Bonchev–Trinajstić information content (AvgIpc) is 4.00. The van der Waals surface area contributed by atoms with Crippen LogP contribution in [0.3, 0.4) is 0 Å². The van der Waals surface area contributed by atoms with Crippen LogP contribution in [-0.2, 0) is 46.6 Å². The summed E-state index contributed by atoms with van der Waals surface area (Å²) in [4.78, 5) is 92.1. The molecular weight excluding hydrogens is 749 g/mol. The summed E-state index contributed by atoms with van der Waals surface area (Å²) >= 11 is 0. The van der Waals surface area contributed by atoms with Crippen molar-refractivity contribution in [3.05, 3.63) is 90.3 Å². The third-order valence-electron chi connectivity index (χ3n) is 9.22. The average molecular weight is 801 g/mol. The molecule has 3 atom stereocenters. The van der Waals surface area contributed by atoms with Gasteiger partial charge in [-0.2, -0.15) is 5.10 Å². The number of hydrogen-bond acceptors (Lipinski definition) is 12. The third-order valence-corrected chi connectivity index (χ3v) is 9.22. The van der Waals surface area contributed by atoms with Crippen LogP contribution in [0.5, 0.6) is 0 Å². The van der Waals surface area contributed by atoms with Crippen LogP contribution in [0.2, 0.25) is 0 Å². The van der Waals surface area contributed by atoms with E-state index in [0.717, 1.165) is 10.5 Å². The molecule has 18 heteroatoms. The molecular formula is C40H52N10O8. The predicted molar refractivity (Wildman–Crippen MR) is 214 cm³/mol. The van der Waals surface area contributed by atoms with E-state index in [9.17, 15) is 38.7 Å². The maximum atomic E-state index is 14.1. The van der Waals surface area contributed by atoms with Gasteiger partial charge in [-0.1, -0.05) is 48.9 Å². The summed E-state index contributed by atoms with van der Waals surface area (Å²) in [6.07, 6.45) is 8.45. The lowest BCUT2D eigenvalue weighted by molar-refractivity contribution is -0.137. The van der Waals surface area contributed by atoms with Crippen molar-refractivity contribution < 1.29 is 38.7 Å². The molecule has 2 heterocycles. The molecule has 0 radical (unpaired) electrons. The van der Waals surface area contributed by atoms with Crippen LogP contribution in [0, 0.1) is 0 Å². The molecule has 0 spiro atoms. The van der Waals surface area contributed by atoms with Gasteiger partial charge in [-0.3, -0.25) is 48.9 Å². The number of anilines is 1. The van der Waals surface area contributed by atoms with Gasteiger partial charge in [0.1, 0.15) is 18.1 Å². The van der Waals surface area contributed by atoms with Gasteiger partial charge >= 0.3 is 0 Å². The Bertz CT molecular complexity index is 1780. The second-order valence-corrected chi connectivity index (χ2v) is 13.7. The van der Waals surface area contributed by atoms with Gasteiger partial charge in [-0.25, -0.2) is 0 Å². The Labute approximate surface area is 336 Å². The number of nitrogens with one attached hydrogen (secondary N) is 7. The van der Waals surface area contributed by atoms with E-state index in [2.05, 4.69) is 49.5 Å². The first-order chi connectivity index (χ1) is 28.1. The highest BCUT2D eigenvalue weighted by molar-refractivity contribution is 6.12. The first-order valence-corrected chi connectivity index (χ1v) is 19.2. The minimum Gasteiger partial charge on any atom is -0.392 e. The minimum absolute atomic E-state index is 0.0319. The van der Waals surface area contributed by atoms with Gasteiger partial charge in [0.05, 0.1) is 6.61 Å². The SMILES string of the molecule is C=NNCCCC[C@H](NC(=O)[C@@H](Cc1ccccc1)NC(=O)C(CCC(=O)NNN1C=C1)NC(=O)CCCCCN1C(=O)C=CC1=O)C(=O)Nc1ccc(CO)cc1. The molecule has 0 fully saturated rings. The Hall–Kier alpha value is -6.40. The van der Waals surface area contributed by atoms with Crippen molar-refractivity contribution in [1.82, 2.24) is 42.2 Å². The first kappa shape index (κ1) is 44.3. The molecule has 18 nitrogen and oxygen atoms in total. The molecule has 2 aromatic carbocycles. The summed E-state index contributed by atoms with van der Waals surface area (Å²) in [7, 11) is 0. The van der Waals surface area contributed by atoms with Crippen LogP contribution in [0.15, 0.2) is 84.3 Å². The van der Waals surface area contributed by atoms with Crippen molar-refractivity contribution in [2.24, 2.45) is 5.10 Å². The normalized spacial score (nSPS) is 14.3. The van der Waals surface area contributed by atoms with Crippen molar-refractivity contribution in [3.8, 4) is 0 Å². The first-order valence-electron chi connectivity index (χ1n) is 19.2. The fourth-order valence-electron chi connectivity index (χ4n) is 5.92. The Balaban J connectivity index is 1.44. The second-order valence-electron chi connectivity index (χ2n) is 13.7. The number of nitrogens with zero attached hydrogens (tertiary/aromatic N) is 3. The molecule has 7 amide bonds. The third kappa shape index (κ3) is 15.6. The molecule has 8 N–H and O–H groups in total. The van der Waals surface area contributed by atoms with Gasteiger partial charge in [0.25, 0.3) is 11.8 Å². The van der Waals surface area contributed by atoms with Gasteiger partial charge < -0.3 is 31.8 Å². The van der Waals surface area contributed by atoms with E-state index < -0.39 is 47.7 Å². The predicted octanol–water partition coefficient (Wildman–Crippen LogP) is 0.778. The quantitative estimate of drug-likeness (QED) is 0.0272. The molecule has 0 bridgehead atoms. The van der Waals surface area contributed by atoms with Gasteiger partial charge in [0.15, 0.2) is 0 Å². The lowest BCUT2D eigenvalue weighted by Gasteiger charge is -2.26. The fourth-order valence-corrected chi connectivity index (χ4v) is 5.92. The summed E-state index contributed by atoms with van der Waals surface area (Å²) in [5.74, 6) is -3.48. The zero-order valence-electron chi connectivity index (χ0n) is 32.3. The summed E-state index contributed by atoms with van der Waals surface area (Å²) in [6, 6.07) is 12.2. The highest BCUT2D eigenvalue weighted by atomic mass is 16.3. The maximum absolute atomic E-state index is 14.1. The zero-order valence-corrected chi connectivity index (χ0v) is 32.3. The number of amides is 7. The molecule has 0 saturated carbocycles. The molecule has 2 aromatic rings. The van der Waals surface area contributed by atoms with Crippen LogP contribution >= 0.6 is 0 Å². The van der Waals surface area contributed by atoms with E-state index in [0.29, 0.717) is 49.9 Å². The lowest BCUT2D eigenvalue weighted by atomic mass is 10.0. The van der Waals surface area contributed by atoms with Crippen molar-refractivity contribution in [2.45, 2.75) is 88.9 Å². The van der Waals surface area contributed by atoms with E-state index in [-0.39, 0.29) is 57.1 Å². The topological polar surface area (TPSA) is 243 Å². The van der Waals surface area contributed by atoms with Crippen molar-refractivity contribution in [1.29, 1.82) is 0 Å². The smallest absolute Gasteiger partial charge is 0.253 e. The standard InChI is InChI=1S/C40H52N10O8/c1-41-42-22-8-7-12-31(38(56)43-30-16-14-29(27-51)15-17-30)45-40(58)33(26-28-10-4-2-5-11-28)46-39(57)32(18-19-35(53)47-48-49-24-25-49)44-34(52)13-6-3-9-23-50-36(54)20-21-37(50)55/h2,4-5,10-11,14-17,20-21,24-25,31-33,42,48,51H,1,3,6-9,12-13,18-19,22-23,26-27H2,(H,43,56)(H,44,52)(H,45,58)(H,46,57)(H,47,53)/t31-,32?,33+/m0/s1. The number of aliphatic hydroxyl groups is 1. The number of benzene rings is 2. The number of hydrazone groups is 1. The Morgan fingerprint density at radius 3 is 2.03 bits per heavy atom. The van der Waals surface area contributed by atoms with Crippen LogP contribution < -0.4 is 37.7 Å². The molecule has 4 rings (SSSR count). The van der Waals surface area contributed by atoms with Crippen LogP contribution in [0.4, 0.5) is 5.69 Å². The molecule has 0 aliphatic carbocycles. The highest BCUT2D eigenvalue weighted by Crippen LogP contribution is 2.14. The van der Waals surface area contributed by atoms with E-state index >= 15 is 0 Å².